The van der Waals surface area contributed by atoms with Gasteiger partial charge in [-0.3, -0.25) is 5.41 Å². The van der Waals surface area contributed by atoms with Crippen LogP contribution in [0.15, 0.2) is 13.6 Å². The number of aryl methyl sites for hydroxylation is 1. The Morgan fingerprint density at radius 1 is 1.46 bits per heavy atom. The van der Waals surface area contributed by atoms with Crippen molar-refractivity contribution in [2.75, 3.05) is 19.7 Å². The Labute approximate surface area is 149 Å². The third-order valence-corrected chi connectivity index (χ3v) is 4.01. The number of carbonyl (C=O) groups excluding carboxylic acids is 1. The summed E-state index contributed by atoms with van der Waals surface area (Å²) in [5, 5.41) is 25.2. The van der Waals surface area contributed by atoms with Gasteiger partial charge < -0.3 is 39.4 Å². The molecule has 26 heavy (non-hydrogen) atoms. The van der Waals surface area contributed by atoms with Crippen LogP contribution in [-0.4, -0.2) is 55.2 Å². The zero-order chi connectivity index (χ0) is 19.2. The highest BCUT2D eigenvalue weighted by atomic mass is 16.6. The van der Waals surface area contributed by atoms with Crippen molar-refractivity contribution in [1.29, 1.82) is 5.41 Å². The molecule has 1 amide bonds. The van der Waals surface area contributed by atoms with E-state index in [1.165, 1.54) is 0 Å². The average Bonchev–Trinajstić information content (AvgIpc) is 3.04. The fourth-order valence-corrected chi connectivity index (χ4v) is 2.48. The lowest BCUT2D eigenvalue weighted by molar-refractivity contribution is -0.102. The van der Waals surface area contributed by atoms with Crippen LogP contribution in [0.5, 0.6) is 0 Å². The van der Waals surface area contributed by atoms with E-state index in [2.05, 4.69) is 16.0 Å². The van der Waals surface area contributed by atoms with E-state index in [4.69, 9.17) is 23.7 Å². The molecule has 0 aromatic carbocycles. The van der Waals surface area contributed by atoms with Gasteiger partial charge in [-0.2, -0.15) is 0 Å². The second-order valence-electron chi connectivity index (χ2n) is 6.09. The van der Waals surface area contributed by atoms with Gasteiger partial charge in [0.15, 0.2) is 5.76 Å². The molecule has 3 atom stereocenters. The molecule has 1 aliphatic rings. The Morgan fingerprint density at radius 3 is 2.88 bits per heavy atom. The molecule has 1 saturated heterocycles. The number of rotatable bonds is 9. The highest BCUT2D eigenvalue weighted by Crippen LogP contribution is 2.29. The Hall–Kier alpha value is -2.37. The summed E-state index contributed by atoms with van der Waals surface area (Å²) < 4.78 is 20.2. The van der Waals surface area contributed by atoms with Gasteiger partial charge in [0.25, 0.3) is 0 Å². The minimum absolute atomic E-state index is 0.122. The molecule has 146 valence electrons. The van der Waals surface area contributed by atoms with Crippen molar-refractivity contribution in [3.8, 4) is 0 Å². The van der Waals surface area contributed by atoms with E-state index < -0.39 is 29.8 Å². The molecular weight excluding hydrogens is 348 g/mol. The van der Waals surface area contributed by atoms with Crippen LogP contribution >= 0.6 is 0 Å². The Morgan fingerprint density at radius 2 is 2.23 bits per heavy atom. The molecular formula is C15H24N4O7. The molecule has 2 rings (SSSR count). The van der Waals surface area contributed by atoms with E-state index in [9.17, 15) is 14.7 Å². The number of hydrogen-bond acceptors (Lipinski definition) is 9. The molecule has 0 unspecified atom stereocenters. The molecule has 0 spiro atoms. The lowest BCUT2D eigenvalue weighted by Gasteiger charge is -2.26. The summed E-state index contributed by atoms with van der Waals surface area (Å²) in [7, 11) is 0. The van der Waals surface area contributed by atoms with Gasteiger partial charge in [0.1, 0.15) is 24.2 Å². The predicted molar refractivity (Wildman–Crippen MR) is 88.9 cm³/mol. The molecule has 1 aromatic rings. The van der Waals surface area contributed by atoms with Gasteiger partial charge in [0, 0.05) is 19.5 Å². The van der Waals surface area contributed by atoms with Gasteiger partial charge in [0.2, 0.25) is 0 Å². The van der Waals surface area contributed by atoms with Crippen molar-refractivity contribution in [3.63, 3.8) is 0 Å². The van der Waals surface area contributed by atoms with E-state index >= 15 is 0 Å². The number of hydrogen-bond donors (Lipinski definition) is 5. The number of amides is 1. The third-order valence-electron chi connectivity index (χ3n) is 4.01. The van der Waals surface area contributed by atoms with Crippen molar-refractivity contribution in [1.82, 2.24) is 16.0 Å². The maximum absolute atomic E-state index is 11.7. The minimum Gasteiger partial charge on any atom is -0.446 e. The summed E-state index contributed by atoms with van der Waals surface area (Å²) in [6, 6.07) is 0. The molecule has 2 heterocycles. The Kier molecular flexibility index (Phi) is 6.77. The molecule has 0 radical (unpaired) electrons. The molecule has 1 fully saturated rings. The van der Waals surface area contributed by atoms with E-state index in [1.807, 2.05) is 0 Å². The van der Waals surface area contributed by atoms with Crippen LogP contribution < -0.4 is 21.8 Å². The van der Waals surface area contributed by atoms with Crippen molar-refractivity contribution >= 4 is 12.4 Å². The Balaban J connectivity index is 1.62. The molecule has 5 N–H and O–H groups in total. The van der Waals surface area contributed by atoms with Crippen molar-refractivity contribution in [3.05, 3.63) is 22.1 Å². The van der Waals surface area contributed by atoms with Crippen LogP contribution in [-0.2, 0) is 16.0 Å². The van der Waals surface area contributed by atoms with Crippen LogP contribution in [0.2, 0.25) is 0 Å². The summed E-state index contributed by atoms with van der Waals surface area (Å²) in [6.45, 7) is 4.15. The van der Waals surface area contributed by atoms with Crippen molar-refractivity contribution in [2.24, 2.45) is 0 Å². The first-order chi connectivity index (χ1) is 12.3. The summed E-state index contributed by atoms with van der Waals surface area (Å²) in [5.41, 5.74) is -1.04. The van der Waals surface area contributed by atoms with E-state index in [-0.39, 0.29) is 13.2 Å². The van der Waals surface area contributed by atoms with E-state index in [0.29, 0.717) is 31.0 Å². The topological polar surface area (TPSA) is 159 Å². The molecule has 1 aromatic heterocycles. The van der Waals surface area contributed by atoms with Gasteiger partial charge >= 0.3 is 11.9 Å². The summed E-state index contributed by atoms with van der Waals surface area (Å²) >= 11 is 0. The average molecular weight is 372 g/mol. The van der Waals surface area contributed by atoms with Crippen molar-refractivity contribution < 1.29 is 28.2 Å². The maximum atomic E-state index is 11.7. The van der Waals surface area contributed by atoms with Crippen LogP contribution in [0, 0.1) is 12.3 Å². The summed E-state index contributed by atoms with van der Waals surface area (Å²) in [6.07, 6.45) is -0.667. The number of carbonyl (C=O) groups is 1. The number of aliphatic hydroxyl groups excluding tert-OH is 1. The van der Waals surface area contributed by atoms with Gasteiger partial charge in [-0.25, -0.2) is 9.59 Å². The molecule has 11 nitrogen and oxygen atoms in total. The summed E-state index contributed by atoms with van der Waals surface area (Å²) in [5.74, 6) is 0.0730. The first kappa shape index (κ1) is 19.9. The molecule has 1 aliphatic heterocycles. The van der Waals surface area contributed by atoms with Gasteiger partial charge in [-0.1, -0.05) is 0 Å². The highest BCUT2D eigenvalue weighted by molar-refractivity contribution is 5.67. The Bertz CT molecular complexity index is 673. The fourth-order valence-electron chi connectivity index (χ4n) is 2.48. The van der Waals surface area contributed by atoms with Crippen molar-refractivity contribution in [2.45, 2.75) is 44.7 Å². The number of aliphatic hydroxyl groups is 1. The first-order valence-electron chi connectivity index (χ1n) is 8.15. The SMILES string of the molecule is Cc1oc(=O)oc1CNCCNC(=O)OC[C@@]1(C)O[C@@H](NC=N)C[C@@H]1O. The normalized spacial score (nSPS) is 25.0. The van der Waals surface area contributed by atoms with Gasteiger partial charge in [0.05, 0.1) is 19.0 Å². The van der Waals surface area contributed by atoms with Crippen LogP contribution in [0.1, 0.15) is 24.9 Å². The third kappa shape index (κ3) is 5.31. The van der Waals surface area contributed by atoms with Crippen LogP contribution in [0.25, 0.3) is 0 Å². The van der Waals surface area contributed by atoms with Gasteiger partial charge in [-0.05, 0) is 13.8 Å². The number of alkyl carbamates (subject to hydrolysis) is 1. The van der Waals surface area contributed by atoms with Crippen LogP contribution in [0.3, 0.4) is 0 Å². The monoisotopic (exact) mass is 372 g/mol. The largest absolute Gasteiger partial charge is 0.519 e. The molecule has 0 aliphatic carbocycles. The summed E-state index contributed by atoms with van der Waals surface area (Å²) in [4.78, 5) is 22.6. The fraction of sp³-hybridized carbons (Fsp3) is 0.667. The van der Waals surface area contributed by atoms with E-state index in [0.717, 1.165) is 6.34 Å². The van der Waals surface area contributed by atoms with Gasteiger partial charge in [-0.15, -0.1) is 0 Å². The zero-order valence-electron chi connectivity index (χ0n) is 14.7. The standard InChI is InChI=1S/C15H24N4O7/c1-9-10(25-14(22)24-9)6-17-3-4-18-13(21)23-7-15(2)11(20)5-12(26-15)19-8-16/h8,11-12,17,20H,3-7H2,1-2H3,(H2,16,19)(H,18,21)/t11-,12+,15+/m0/s1. The molecule has 0 bridgehead atoms. The quantitative estimate of drug-likeness (QED) is 0.217. The smallest absolute Gasteiger partial charge is 0.446 e. The molecule has 11 heteroatoms. The highest BCUT2D eigenvalue weighted by Gasteiger charge is 2.45. The lowest BCUT2D eigenvalue weighted by atomic mass is 10.0. The number of nitrogens with one attached hydrogen (secondary N) is 4. The minimum atomic E-state index is -1.04. The predicted octanol–water partition coefficient (Wildman–Crippen LogP) is -0.580. The van der Waals surface area contributed by atoms with E-state index in [1.54, 1.807) is 13.8 Å². The maximum Gasteiger partial charge on any atom is 0.519 e. The molecule has 0 saturated carbocycles. The lowest BCUT2D eigenvalue weighted by Crippen LogP contribution is -2.44. The number of ether oxygens (including phenoxy) is 2. The second-order valence-corrected chi connectivity index (χ2v) is 6.09. The zero-order valence-corrected chi connectivity index (χ0v) is 14.7. The second kappa shape index (κ2) is 8.83. The first-order valence-corrected chi connectivity index (χ1v) is 8.15. The van der Waals surface area contributed by atoms with Crippen LogP contribution in [0.4, 0.5) is 4.79 Å².